The molecule has 156 valence electrons. The Balaban J connectivity index is 2.00. The third-order valence-electron chi connectivity index (χ3n) is 4.86. The molecule has 3 heterocycles. The predicted molar refractivity (Wildman–Crippen MR) is 119 cm³/mol. The number of phenolic OH excluding ortho intramolecular Hbond substituents is 1. The highest BCUT2D eigenvalue weighted by Gasteiger charge is 2.18. The zero-order valence-corrected chi connectivity index (χ0v) is 17.6. The Kier molecular flexibility index (Phi) is 4.84. The van der Waals surface area contributed by atoms with E-state index in [1.54, 1.807) is 38.5 Å². The van der Waals surface area contributed by atoms with Gasteiger partial charge in [-0.25, -0.2) is 19.9 Å². The molecule has 5 N–H and O–H groups in total. The van der Waals surface area contributed by atoms with Gasteiger partial charge in [0.25, 0.3) is 0 Å². The first-order valence-electron chi connectivity index (χ1n) is 9.66. The fourth-order valence-corrected chi connectivity index (χ4v) is 3.33. The van der Waals surface area contributed by atoms with Gasteiger partial charge in [0.05, 0.1) is 23.1 Å². The fraction of sp³-hybridized carbons (Fsp3) is 0.217. The molecule has 3 aromatic heterocycles. The third-order valence-corrected chi connectivity index (χ3v) is 4.86. The maximum absolute atomic E-state index is 10.2. The summed E-state index contributed by atoms with van der Waals surface area (Å²) in [6.45, 7) is 7.01. The van der Waals surface area contributed by atoms with Gasteiger partial charge in [-0.2, -0.15) is 0 Å². The Morgan fingerprint density at radius 1 is 1.06 bits per heavy atom. The molecule has 4 aromatic rings. The molecule has 0 amide bonds. The Bertz CT molecular complexity index is 1360. The summed E-state index contributed by atoms with van der Waals surface area (Å²) in [4.78, 5) is 20.7. The van der Waals surface area contributed by atoms with Crippen LogP contribution in [0.2, 0.25) is 0 Å². The van der Waals surface area contributed by atoms with Crippen molar-refractivity contribution in [3.63, 3.8) is 0 Å². The monoisotopic (exact) mass is 414 g/mol. The lowest BCUT2D eigenvalue weighted by atomic mass is 9.99. The van der Waals surface area contributed by atoms with Crippen molar-refractivity contribution in [3.8, 4) is 40.1 Å². The van der Waals surface area contributed by atoms with Crippen molar-refractivity contribution in [1.82, 2.24) is 24.9 Å². The average molecular weight is 414 g/mol. The van der Waals surface area contributed by atoms with Gasteiger partial charge < -0.3 is 20.9 Å². The molecular formula is C23H22N6O2. The van der Waals surface area contributed by atoms with Gasteiger partial charge in [0, 0.05) is 29.1 Å². The number of H-pyrrole nitrogens is 1. The molecule has 8 nitrogen and oxygen atoms in total. The molecule has 0 radical (unpaired) electrons. The number of aromatic hydroxyl groups is 1. The van der Waals surface area contributed by atoms with Crippen LogP contribution in [0.5, 0.6) is 5.75 Å². The van der Waals surface area contributed by atoms with E-state index in [1.807, 2.05) is 19.9 Å². The van der Waals surface area contributed by atoms with Crippen molar-refractivity contribution >= 4 is 17.1 Å². The van der Waals surface area contributed by atoms with E-state index in [0.29, 0.717) is 33.7 Å². The summed E-state index contributed by atoms with van der Waals surface area (Å²) >= 11 is 0. The van der Waals surface area contributed by atoms with E-state index >= 15 is 0 Å². The van der Waals surface area contributed by atoms with E-state index in [-0.39, 0.29) is 11.7 Å². The Morgan fingerprint density at radius 3 is 2.45 bits per heavy atom. The van der Waals surface area contributed by atoms with Crippen molar-refractivity contribution in [1.29, 1.82) is 0 Å². The number of benzene rings is 1. The molecule has 0 unspecified atom stereocenters. The first-order valence-corrected chi connectivity index (χ1v) is 9.66. The summed E-state index contributed by atoms with van der Waals surface area (Å²) in [5, 5.41) is 20.3. The van der Waals surface area contributed by atoms with Crippen LogP contribution in [0.15, 0.2) is 30.7 Å². The van der Waals surface area contributed by atoms with E-state index in [9.17, 15) is 10.2 Å². The summed E-state index contributed by atoms with van der Waals surface area (Å²) in [6.07, 6.45) is 4.84. The number of aliphatic hydroxyl groups is 1. The van der Waals surface area contributed by atoms with Crippen LogP contribution >= 0.6 is 0 Å². The smallest absolute Gasteiger partial charge is 0.219 e. The van der Waals surface area contributed by atoms with Crippen molar-refractivity contribution in [2.75, 3.05) is 5.73 Å². The number of fused-ring (bicyclic) bond motifs is 1. The van der Waals surface area contributed by atoms with Gasteiger partial charge in [0.15, 0.2) is 5.65 Å². The number of nitrogens with two attached hydrogens (primary N) is 1. The first-order chi connectivity index (χ1) is 14.6. The number of hydrogen-bond acceptors (Lipinski definition) is 7. The minimum absolute atomic E-state index is 0.164. The standard InChI is InChI=1S/C23H22N6O2/c1-12-5-6-17(30)13(2)18(12)16-11-25-21-20(28-16)15(7-8-23(3,4)31)19(29-21)14-9-26-22(24)27-10-14/h5-6,9-11,30-31H,1-4H3,(H,25,29)(H2,24,26,27). The van der Waals surface area contributed by atoms with E-state index in [0.717, 1.165) is 16.7 Å². The second-order valence-electron chi connectivity index (χ2n) is 7.87. The molecule has 0 aliphatic rings. The zero-order chi connectivity index (χ0) is 22.3. The van der Waals surface area contributed by atoms with Crippen LogP contribution < -0.4 is 5.73 Å². The van der Waals surface area contributed by atoms with Gasteiger partial charge in [-0.1, -0.05) is 17.9 Å². The number of aryl methyl sites for hydroxylation is 1. The van der Waals surface area contributed by atoms with Crippen LogP contribution in [0.1, 0.15) is 30.5 Å². The summed E-state index contributed by atoms with van der Waals surface area (Å²) in [5.41, 5.74) is 10.5. The van der Waals surface area contributed by atoms with Crippen LogP contribution in [0.25, 0.3) is 33.7 Å². The number of aromatic amines is 1. The first kappa shape index (κ1) is 20.3. The molecule has 31 heavy (non-hydrogen) atoms. The summed E-state index contributed by atoms with van der Waals surface area (Å²) < 4.78 is 0. The minimum atomic E-state index is -1.19. The molecule has 0 bridgehead atoms. The normalized spacial score (nSPS) is 11.4. The lowest BCUT2D eigenvalue weighted by molar-refractivity contribution is 0.143. The lowest BCUT2D eigenvalue weighted by Crippen LogP contribution is -2.14. The molecule has 0 saturated carbocycles. The van der Waals surface area contributed by atoms with Crippen LogP contribution in [0, 0.1) is 25.7 Å². The molecule has 4 rings (SSSR count). The predicted octanol–water partition coefficient (Wildman–Crippen LogP) is 3.11. The molecule has 0 fully saturated rings. The molecular weight excluding hydrogens is 392 g/mol. The molecule has 1 aromatic carbocycles. The Labute approximate surface area is 179 Å². The van der Waals surface area contributed by atoms with Crippen molar-refractivity contribution in [2.24, 2.45) is 0 Å². The second kappa shape index (κ2) is 7.38. The average Bonchev–Trinajstić information content (AvgIpc) is 3.07. The van der Waals surface area contributed by atoms with E-state index in [2.05, 4.69) is 31.8 Å². The lowest BCUT2D eigenvalue weighted by Gasteiger charge is -2.10. The maximum Gasteiger partial charge on any atom is 0.219 e. The molecule has 0 aliphatic carbocycles. The summed E-state index contributed by atoms with van der Waals surface area (Å²) in [5.74, 6) is 6.24. The number of nitrogen functional groups attached to an aromatic ring is 1. The molecule has 0 aliphatic heterocycles. The highest BCUT2D eigenvalue weighted by molar-refractivity contribution is 5.90. The van der Waals surface area contributed by atoms with Crippen LogP contribution in [-0.4, -0.2) is 40.7 Å². The number of nitrogens with zero attached hydrogens (tertiary/aromatic N) is 4. The molecule has 0 atom stereocenters. The van der Waals surface area contributed by atoms with Gasteiger partial charge in [-0.15, -0.1) is 0 Å². The largest absolute Gasteiger partial charge is 0.508 e. The number of rotatable bonds is 2. The minimum Gasteiger partial charge on any atom is -0.508 e. The van der Waals surface area contributed by atoms with Gasteiger partial charge in [-0.05, 0) is 39.3 Å². The number of hydrogen-bond donors (Lipinski definition) is 4. The number of aromatic nitrogens is 5. The Morgan fingerprint density at radius 2 is 1.77 bits per heavy atom. The maximum atomic E-state index is 10.2. The van der Waals surface area contributed by atoms with Gasteiger partial charge in [0.1, 0.15) is 16.9 Å². The van der Waals surface area contributed by atoms with Crippen LogP contribution in [-0.2, 0) is 0 Å². The third kappa shape index (κ3) is 3.91. The number of phenols is 1. The summed E-state index contributed by atoms with van der Waals surface area (Å²) in [6, 6.07) is 3.50. The quantitative estimate of drug-likeness (QED) is 0.370. The van der Waals surface area contributed by atoms with E-state index in [4.69, 9.17) is 10.7 Å². The topological polar surface area (TPSA) is 134 Å². The van der Waals surface area contributed by atoms with Gasteiger partial charge in [-0.3, -0.25) is 0 Å². The fourth-order valence-electron chi connectivity index (χ4n) is 3.33. The second-order valence-corrected chi connectivity index (χ2v) is 7.87. The van der Waals surface area contributed by atoms with Gasteiger partial charge >= 0.3 is 0 Å². The zero-order valence-electron chi connectivity index (χ0n) is 17.6. The highest BCUT2D eigenvalue weighted by atomic mass is 16.3. The Hall–Kier alpha value is -3.96. The van der Waals surface area contributed by atoms with Crippen molar-refractivity contribution in [2.45, 2.75) is 33.3 Å². The SMILES string of the molecule is Cc1ccc(O)c(C)c1-c1cnc2[nH]c(-c3cnc(N)nc3)c(C#CC(C)(C)O)c2n1. The van der Waals surface area contributed by atoms with E-state index in [1.165, 1.54) is 0 Å². The molecule has 0 spiro atoms. The number of anilines is 1. The molecule has 0 saturated heterocycles. The van der Waals surface area contributed by atoms with Crippen molar-refractivity contribution in [3.05, 3.63) is 47.4 Å². The molecule has 8 heteroatoms. The summed E-state index contributed by atoms with van der Waals surface area (Å²) in [7, 11) is 0. The van der Waals surface area contributed by atoms with Crippen LogP contribution in [0.4, 0.5) is 5.95 Å². The van der Waals surface area contributed by atoms with Crippen molar-refractivity contribution < 1.29 is 10.2 Å². The number of nitrogens with one attached hydrogen (secondary N) is 1. The highest BCUT2D eigenvalue weighted by Crippen LogP contribution is 2.34. The van der Waals surface area contributed by atoms with Crippen LogP contribution in [0.3, 0.4) is 0 Å². The van der Waals surface area contributed by atoms with E-state index < -0.39 is 5.60 Å². The van der Waals surface area contributed by atoms with Gasteiger partial charge in [0.2, 0.25) is 5.95 Å².